The van der Waals surface area contributed by atoms with Crippen LogP contribution in [0.4, 0.5) is 0 Å². The number of hydrogen-bond donors (Lipinski definition) is 0. The van der Waals surface area contributed by atoms with E-state index in [4.69, 9.17) is 23.2 Å². The van der Waals surface area contributed by atoms with Crippen LogP contribution in [0.15, 0.2) is 28.7 Å². The maximum atomic E-state index is 11.2. The molecule has 0 aromatic heterocycles. The lowest BCUT2D eigenvalue weighted by Gasteiger charge is -2.09. The molecular weight excluding hydrogens is 323 g/mol. The van der Waals surface area contributed by atoms with E-state index in [2.05, 4.69) is 15.9 Å². The van der Waals surface area contributed by atoms with Crippen LogP contribution in [-0.4, -0.2) is 12.2 Å². The number of alkyl halides is 1. The molecule has 4 heteroatoms. The lowest BCUT2D eigenvalue weighted by Crippen LogP contribution is -1.94. The molecule has 0 aliphatic rings. The standard InChI is InChI=1S/C13H9BrCl2O/c14-10-1-2-11-9(6-10)5-8(3-4-15)13(16)12(11)7-17/h1-2,5-7H,3-4H2. The number of carbonyl (C=O) groups is 1. The van der Waals surface area contributed by atoms with Crippen molar-refractivity contribution in [3.05, 3.63) is 44.9 Å². The van der Waals surface area contributed by atoms with Gasteiger partial charge in [-0.3, -0.25) is 4.79 Å². The molecule has 0 unspecified atom stereocenters. The van der Waals surface area contributed by atoms with E-state index in [9.17, 15) is 4.79 Å². The van der Waals surface area contributed by atoms with E-state index in [0.29, 0.717) is 22.9 Å². The Morgan fingerprint density at radius 3 is 2.71 bits per heavy atom. The predicted molar refractivity (Wildman–Crippen MR) is 76.5 cm³/mol. The molecule has 0 saturated heterocycles. The zero-order valence-electron chi connectivity index (χ0n) is 8.84. The fraction of sp³-hybridized carbons (Fsp3) is 0.154. The average Bonchev–Trinajstić information content (AvgIpc) is 2.31. The topological polar surface area (TPSA) is 17.1 Å². The number of halogens is 3. The van der Waals surface area contributed by atoms with Crippen molar-refractivity contribution >= 4 is 56.2 Å². The average molecular weight is 332 g/mol. The molecule has 0 spiro atoms. The summed E-state index contributed by atoms with van der Waals surface area (Å²) in [6.07, 6.45) is 1.46. The van der Waals surface area contributed by atoms with Gasteiger partial charge >= 0.3 is 0 Å². The van der Waals surface area contributed by atoms with Gasteiger partial charge in [0.1, 0.15) is 0 Å². The second-order valence-electron chi connectivity index (χ2n) is 3.69. The lowest BCUT2D eigenvalue weighted by atomic mass is 10.00. The Bertz CT molecular complexity index is 581. The zero-order valence-corrected chi connectivity index (χ0v) is 11.9. The van der Waals surface area contributed by atoms with Crippen molar-refractivity contribution in [2.75, 3.05) is 5.88 Å². The Morgan fingerprint density at radius 1 is 1.29 bits per heavy atom. The van der Waals surface area contributed by atoms with Gasteiger partial charge in [0.15, 0.2) is 6.29 Å². The second kappa shape index (κ2) is 5.38. The summed E-state index contributed by atoms with van der Waals surface area (Å²) in [6.45, 7) is 0. The third-order valence-electron chi connectivity index (χ3n) is 2.63. The van der Waals surface area contributed by atoms with Crippen LogP contribution < -0.4 is 0 Å². The molecular formula is C13H9BrCl2O. The van der Waals surface area contributed by atoms with E-state index >= 15 is 0 Å². The molecule has 0 fully saturated rings. The highest BCUT2D eigenvalue weighted by Gasteiger charge is 2.11. The summed E-state index contributed by atoms with van der Waals surface area (Å²) in [5.74, 6) is 0.484. The first-order chi connectivity index (χ1) is 8.17. The summed E-state index contributed by atoms with van der Waals surface area (Å²) in [5, 5.41) is 2.37. The Kier molecular flexibility index (Phi) is 4.08. The van der Waals surface area contributed by atoms with Gasteiger partial charge in [0.05, 0.1) is 5.02 Å². The first-order valence-corrected chi connectivity index (χ1v) is 6.79. The maximum absolute atomic E-state index is 11.2. The van der Waals surface area contributed by atoms with Crippen molar-refractivity contribution in [2.24, 2.45) is 0 Å². The van der Waals surface area contributed by atoms with Gasteiger partial charge in [-0.05, 0) is 41.0 Å². The van der Waals surface area contributed by atoms with E-state index in [1.807, 2.05) is 24.3 Å². The molecule has 2 rings (SSSR count). The molecule has 17 heavy (non-hydrogen) atoms. The zero-order chi connectivity index (χ0) is 12.4. The van der Waals surface area contributed by atoms with Crippen molar-refractivity contribution in [3.8, 4) is 0 Å². The molecule has 0 atom stereocenters. The first kappa shape index (κ1) is 12.9. The minimum absolute atomic E-state index is 0.484. The van der Waals surface area contributed by atoms with Crippen molar-refractivity contribution in [1.82, 2.24) is 0 Å². The van der Waals surface area contributed by atoms with Crippen LogP contribution in [0.1, 0.15) is 15.9 Å². The van der Waals surface area contributed by atoms with E-state index in [1.54, 1.807) is 0 Å². The van der Waals surface area contributed by atoms with Crippen molar-refractivity contribution < 1.29 is 4.79 Å². The third-order valence-corrected chi connectivity index (χ3v) is 3.76. The lowest BCUT2D eigenvalue weighted by molar-refractivity contribution is 0.112. The van der Waals surface area contributed by atoms with Gasteiger partial charge in [0, 0.05) is 15.9 Å². The van der Waals surface area contributed by atoms with Crippen molar-refractivity contribution in [3.63, 3.8) is 0 Å². The van der Waals surface area contributed by atoms with E-state index in [1.165, 1.54) is 0 Å². The molecule has 0 saturated carbocycles. The highest BCUT2D eigenvalue weighted by molar-refractivity contribution is 9.10. The summed E-state index contributed by atoms with van der Waals surface area (Å²) >= 11 is 15.3. The number of carbonyl (C=O) groups excluding carboxylic acids is 1. The predicted octanol–water partition coefficient (Wildman–Crippen LogP) is 4.85. The molecule has 0 aliphatic carbocycles. The fourth-order valence-electron chi connectivity index (χ4n) is 1.84. The van der Waals surface area contributed by atoms with Crippen molar-refractivity contribution in [2.45, 2.75) is 6.42 Å². The summed E-state index contributed by atoms with van der Waals surface area (Å²) in [7, 11) is 0. The van der Waals surface area contributed by atoms with E-state index in [0.717, 1.165) is 27.1 Å². The highest BCUT2D eigenvalue weighted by atomic mass is 79.9. The largest absolute Gasteiger partial charge is 0.298 e. The number of fused-ring (bicyclic) bond motifs is 1. The van der Waals surface area contributed by atoms with Crippen LogP contribution in [0.3, 0.4) is 0 Å². The second-order valence-corrected chi connectivity index (χ2v) is 5.36. The maximum Gasteiger partial charge on any atom is 0.152 e. The van der Waals surface area contributed by atoms with Crippen LogP contribution in [-0.2, 0) is 6.42 Å². The number of hydrogen-bond acceptors (Lipinski definition) is 1. The summed E-state index contributed by atoms with van der Waals surface area (Å²) in [5.41, 5.74) is 1.45. The number of aldehydes is 1. The first-order valence-electron chi connectivity index (χ1n) is 5.09. The molecule has 0 amide bonds. The Balaban J connectivity index is 2.79. The third kappa shape index (κ3) is 2.49. The molecule has 2 aromatic rings. The molecule has 1 nitrogen and oxygen atoms in total. The molecule has 0 aliphatic heterocycles. The molecule has 2 aromatic carbocycles. The van der Waals surface area contributed by atoms with Gasteiger partial charge in [-0.15, -0.1) is 11.6 Å². The molecule has 0 radical (unpaired) electrons. The van der Waals surface area contributed by atoms with Gasteiger partial charge in [0.2, 0.25) is 0 Å². The van der Waals surface area contributed by atoms with Crippen LogP contribution in [0, 0.1) is 0 Å². The quantitative estimate of drug-likeness (QED) is 0.580. The number of benzene rings is 2. The summed E-state index contributed by atoms with van der Waals surface area (Å²) in [4.78, 5) is 11.2. The summed E-state index contributed by atoms with van der Waals surface area (Å²) in [6, 6.07) is 7.74. The molecule has 88 valence electrons. The minimum atomic E-state index is 0.484. The van der Waals surface area contributed by atoms with Crippen LogP contribution in [0.25, 0.3) is 10.8 Å². The Labute approximate surface area is 118 Å². The van der Waals surface area contributed by atoms with Crippen LogP contribution in [0.5, 0.6) is 0 Å². The van der Waals surface area contributed by atoms with Gasteiger partial charge in [0.25, 0.3) is 0 Å². The van der Waals surface area contributed by atoms with Crippen molar-refractivity contribution in [1.29, 1.82) is 0 Å². The molecule has 0 bridgehead atoms. The number of rotatable bonds is 3. The normalized spacial score (nSPS) is 10.8. The van der Waals surface area contributed by atoms with Gasteiger partial charge in [-0.25, -0.2) is 0 Å². The Hall–Kier alpha value is -0.570. The summed E-state index contributed by atoms with van der Waals surface area (Å²) < 4.78 is 0.973. The SMILES string of the molecule is O=Cc1c(Cl)c(CCCl)cc2cc(Br)ccc12. The molecule has 0 heterocycles. The van der Waals surface area contributed by atoms with Gasteiger partial charge in [-0.1, -0.05) is 33.6 Å². The van der Waals surface area contributed by atoms with Gasteiger partial charge in [-0.2, -0.15) is 0 Å². The monoisotopic (exact) mass is 330 g/mol. The van der Waals surface area contributed by atoms with E-state index < -0.39 is 0 Å². The minimum Gasteiger partial charge on any atom is -0.298 e. The highest BCUT2D eigenvalue weighted by Crippen LogP contribution is 2.31. The smallest absolute Gasteiger partial charge is 0.152 e. The molecule has 0 N–H and O–H groups in total. The Morgan fingerprint density at radius 2 is 2.06 bits per heavy atom. The number of aryl methyl sites for hydroxylation is 1. The van der Waals surface area contributed by atoms with Gasteiger partial charge < -0.3 is 0 Å². The van der Waals surface area contributed by atoms with E-state index in [-0.39, 0.29) is 0 Å². The van der Waals surface area contributed by atoms with Crippen LogP contribution >= 0.6 is 39.1 Å². The fourth-order valence-corrected chi connectivity index (χ4v) is 2.72. The van der Waals surface area contributed by atoms with Crippen LogP contribution in [0.2, 0.25) is 5.02 Å².